The van der Waals surface area contributed by atoms with Crippen LogP contribution in [0.4, 0.5) is 20.2 Å². The first-order chi connectivity index (χ1) is 27.3. The number of carbonyl (C=O) groups is 2. The molecule has 0 saturated carbocycles. The Bertz CT molecular complexity index is 2430. The molecule has 10 nitrogen and oxygen atoms in total. The minimum atomic E-state index is -0.640. The van der Waals surface area contributed by atoms with Crippen LogP contribution in [0.3, 0.4) is 0 Å². The number of rotatable bonds is 12. The number of hydrogen-bond acceptors (Lipinski definition) is 8. The monoisotopic (exact) mass is 750 g/mol. The van der Waals surface area contributed by atoms with Crippen LogP contribution in [-0.2, 0) is 0 Å². The Morgan fingerprint density at radius 3 is 1.38 bits per heavy atom. The number of nitrogens with zero attached hydrogens (tertiary/aromatic N) is 2. The van der Waals surface area contributed by atoms with Crippen molar-refractivity contribution < 1.29 is 27.8 Å². The van der Waals surface area contributed by atoms with Gasteiger partial charge in [-0.25, -0.2) is 8.78 Å². The molecule has 0 spiro atoms. The third-order valence-corrected chi connectivity index (χ3v) is 9.13. The van der Waals surface area contributed by atoms with Crippen molar-refractivity contribution >= 4 is 44.7 Å². The van der Waals surface area contributed by atoms with Crippen LogP contribution in [0.1, 0.15) is 43.9 Å². The molecule has 0 aliphatic heterocycles. The highest BCUT2D eigenvalue weighted by molar-refractivity contribution is 6.12. The summed E-state index contributed by atoms with van der Waals surface area (Å²) >= 11 is 0. The second kappa shape index (κ2) is 16.8. The molecule has 0 aliphatic rings. The highest BCUT2D eigenvalue weighted by atomic mass is 19.1. The molecule has 0 aliphatic carbocycles. The Balaban J connectivity index is 0.000000172. The first-order valence-electron chi connectivity index (χ1n) is 17.5. The first-order valence-corrected chi connectivity index (χ1v) is 17.5. The lowest BCUT2D eigenvalue weighted by Crippen LogP contribution is -2.21. The zero-order valence-corrected chi connectivity index (χ0v) is 30.3. The van der Waals surface area contributed by atoms with Gasteiger partial charge in [0.1, 0.15) is 35.2 Å². The third-order valence-electron chi connectivity index (χ3n) is 9.13. The second-order valence-electron chi connectivity index (χ2n) is 12.7. The number of hydrogen-bond donors (Lipinski definition) is 4. The Morgan fingerprint density at radius 2 is 0.982 bits per heavy atom. The van der Waals surface area contributed by atoms with Crippen LogP contribution >= 0.6 is 0 Å². The fourth-order valence-corrected chi connectivity index (χ4v) is 6.36. The van der Waals surface area contributed by atoms with Gasteiger partial charge in [0.2, 0.25) is 0 Å². The molecule has 4 heterocycles. The number of methoxy groups -OCH3 is 2. The largest absolute Gasteiger partial charge is 0.495 e. The van der Waals surface area contributed by atoms with E-state index in [1.54, 1.807) is 75.7 Å². The number of ether oxygens (including phenoxy) is 2. The zero-order chi connectivity index (χ0) is 39.0. The number of ketones is 2. The minimum Gasteiger partial charge on any atom is -0.495 e. The molecule has 8 aromatic rings. The molecule has 4 N–H and O–H groups in total. The van der Waals surface area contributed by atoms with Gasteiger partial charge in [-0.3, -0.25) is 19.6 Å². The van der Waals surface area contributed by atoms with Gasteiger partial charge in [-0.1, -0.05) is 60.7 Å². The molecule has 56 heavy (non-hydrogen) atoms. The van der Waals surface area contributed by atoms with E-state index in [2.05, 4.69) is 30.6 Å². The van der Waals surface area contributed by atoms with Crippen LogP contribution in [0, 0.1) is 11.6 Å². The third kappa shape index (κ3) is 8.24. The van der Waals surface area contributed by atoms with Crippen molar-refractivity contribution in [2.45, 2.75) is 12.1 Å². The fourth-order valence-electron chi connectivity index (χ4n) is 6.36. The van der Waals surface area contributed by atoms with Gasteiger partial charge in [-0.2, -0.15) is 0 Å². The number of pyridine rings is 2. The molecule has 4 aromatic heterocycles. The molecule has 8 rings (SSSR count). The molecule has 0 radical (unpaired) electrons. The highest BCUT2D eigenvalue weighted by Crippen LogP contribution is 2.31. The van der Waals surface area contributed by atoms with Crippen LogP contribution in [-0.4, -0.2) is 45.7 Å². The number of Topliss-reactive ketones (excluding diaryl/α,β-unsaturated/α-hetero) is 2. The Kier molecular flexibility index (Phi) is 11.1. The van der Waals surface area contributed by atoms with Crippen molar-refractivity contribution in [3.05, 3.63) is 180 Å². The van der Waals surface area contributed by atoms with Crippen molar-refractivity contribution in [2.75, 3.05) is 24.9 Å². The fraction of sp³-hybridized carbons (Fsp3) is 0.0909. The zero-order valence-electron chi connectivity index (χ0n) is 30.3. The van der Waals surface area contributed by atoms with Crippen LogP contribution in [0.2, 0.25) is 0 Å². The van der Waals surface area contributed by atoms with Gasteiger partial charge >= 0.3 is 0 Å². The van der Waals surface area contributed by atoms with E-state index in [1.165, 1.54) is 24.3 Å². The van der Waals surface area contributed by atoms with Crippen LogP contribution < -0.4 is 20.1 Å². The number of fused-ring (bicyclic) bond motifs is 2. The summed E-state index contributed by atoms with van der Waals surface area (Å²) in [6, 6.07) is 29.8. The van der Waals surface area contributed by atoms with Crippen LogP contribution in [0.15, 0.2) is 146 Å². The summed E-state index contributed by atoms with van der Waals surface area (Å²) in [6.45, 7) is 0. The molecule has 4 aromatic carbocycles. The van der Waals surface area contributed by atoms with Gasteiger partial charge in [0.15, 0.2) is 11.6 Å². The number of nitrogens with one attached hydrogen (secondary N) is 4. The molecule has 0 amide bonds. The van der Waals surface area contributed by atoms with Crippen molar-refractivity contribution in [3.8, 4) is 11.5 Å². The summed E-state index contributed by atoms with van der Waals surface area (Å²) in [6.07, 6.45) is 9.70. The van der Waals surface area contributed by atoms with E-state index in [-0.39, 0.29) is 23.2 Å². The van der Waals surface area contributed by atoms with E-state index in [9.17, 15) is 18.4 Å². The average Bonchev–Trinajstić information content (AvgIpc) is 3.86. The van der Waals surface area contributed by atoms with Crippen molar-refractivity contribution in [1.82, 2.24) is 19.9 Å². The normalized spacial score (nSPS) is 11.9. The summed E-state index contributed by atoms with van der Waals surface area (Å²) in [5.74, 6) is 0.208. The Morgan fingerprint density at radius 1 is 0.571 bits per heavy atom. The molecule has 0 bridgehead atoms. The van der Waals surface area contributed by atoms with E-state index in [1.807, 2.05) is 60.7 Å². The summed E-state index contributed by atoms with van der Waals surface area (Å²) in [4.78, 5) is 41.1. The first kappa shape index (κ1) is 37.0. The lowest BCUT2D eigenvalue weighted by molar-refractivity contribution is 0.0963. The summed E-state index contributed by atoms with van der Waals surface area (Å²) < 4.78 is 37.4. The van der Waals surface area contributed by atoms with Crippen molar-refractivity contribution in [3.63, 3.8) is 0 Å². The van der Waals surface area contributed by atoms with E-state index in [4.69, 9.17) is 9.47 Å². The summed E-state index contributed by atoms with van der Waals surface area (Å²) in [7, 11) is 3.12. The summed E-state index contributed by atoms with van der Waals surface area (Å²) in [5.41, 5.74) is 5.09. The Hall–Kier alpha value is -7.34. The molecule has 2 unspecified atom stereocenters. The molecule has 12 heteroatoms. The number of aromatic amines is 2. The lowest BCUT2D eigenvalue weighted by Gasteiger charge is -2.19. The number of carbonyl (C=O) groups excluding carboxylic acids is 2. The van der Waals surface area contributed by atoms with E-state index < -0.39 is 12.1 Å². The molecule has 2 atom stereocenters. The molecular weight excluding hydrogens is 715 g/mol. The number of aromatic nitrogens is 4. The van der Waals surface area contributed by atoms with Gasteiger partial charge in [0.05, 0.1) is 50.4 Å². The van der Waals surface area contributed by atoms with Gasteiger partial charge in [-0.15, -0.1) is 0 Å². The molecule has 280 valence electrons. The van der Waals surface area contributed by atoms with Gasteiger partial charge in [0, 0.05) is 57.5 Å². The maximum atomic E-state index is 13.5. The van der Waals surface area contributed by atoms with Crippen molar-refractivity contribution in [2.24, 2.45) is 0 Å². The van der Waals surface area contributed by atoms with Crippen LogP contribution in [0.5, 0.6) is 11.5 Å². The average molecular weight is 751 g/mol. The van der Waals surface area contributed by atoms with Gasteiger partial charge in [-0.05, 0) is 47.5 Å². The molecule has 0 fully saturated rings. The SMILES string of the molecule is COc1cncc(NC(C(=O)c2c[nH]c3cc(F)ccc23)c2ccccc2)c1.COc1cncc(NC(C(=O)c2c[nH]c3cc(F)ccc23)c2ccccc2)c1. The predicted octanol–water partition coefficient (Wildman–Crippen LogP) is 9.49. The number of halogens is 2. The number of benzene rings is 4. The van der Waals surface area contributed by atoms with Gasteiger partial charge < -0.3 is 30.1 Å². The molecule has 0 saturated heterocycles. The topological polar surface area (TPSA) is 134 Å². The van der Waals surface area contributed by atoms with E-state index >= 15 is 0 Å². The maximum absolute atomic E-state index is 13.5. The maximum Gasteiger partial charge on any atom is 0.191 e. The van der Waals surface area contributed by atoms with Crippen LogP contribution in [0.25, 0.3) is 21.8 Å². The number of anilines is 2. The smallest absolute Gasteiger partial charge is 0.191 e. The number of H-pyrrole nitrogens is 2. The van der Waals surface area contributed by atoms with E-state index in [0.29, 0.717) is 55.8 Å². The van der Waals surface area contributed by atoms with E-state index in [0.717, 1.165) is 11.1 Å². The Labute approximate surface area is 320 Å². The summed E-state index contributed by atoms with van der Waals surface area (Å²) in [5, 5.41) is 7.87. The standard InChI is InChI=1S/2C22H18FN3O2/c2*1-28-17-10-16(11-24-12-17)26-21(14-5-3-2-4-6-14)22(27)19-13-25-20-9-15(23)7-8-18(19)20/h2*2-13,21,25-26H,1H3. The lowest BCUT2D eigenvalue weighted by atomic mass is 9.96. The predicted molar refractivity (Wildman–Crippen MR) is 212 cm³/mol. The molecular formula is C44H36F2N6O4. The minimum absolute atomic E-state index is 0.133. The highest BCUT2D eigenvalue weighted by Gasteiger charge is 2.26. The van der Waals surface area contributed by atoms with Crippen molar-refractivity contribution in [1.29, 1.82) is 0 Å². The van der Waals surface area contributed by atoms with Gasteiger partial charge in [0.25, 0.3) is 0 Å². The quantitative estimate of drug-likeness (QED) is 0.0908. The second-order valence-corrected chi connectivity index (χ2v) is 12.7.